The van der Waals surface area contributed by atoms with E-state index >= 15 is 0 Å². The minimum Gasteiger partial charge on any atom is -0.319 e. The van der Waals surface area contributed by atoms with E-state index in [1.54, 1.807) is 0 Å². The highest BCUT2D eigenvalue weighted by Crippen LogP contribution is 2.21. The lowest BCUT2D eigenvalue weighted by molar-refractivity contribution is 0.418. The third-order valence-corrected chi connectivity index (χ3v) is 3.39. The molecule has 92 valence electrons. The van der Waals surface area contributed by atoms with Crippen molar-refractivity contribution in [3.05, 3.63) is 17.0 Å². The van der Waals surface area contributed by atoms with Gasteiger partial charge in [-0.25, -0.2) is 0 Å². The average Bonchev–Trinajstić information content (AvgIpc) is 2.55. The quantitative estimate of drug-likeness (QED) is 0.803. The molecule has 0 unspecified atom stereocenters. The Morgan fingerprint density at radius 2 is 1.88 bits per heavy atom. The fraction of sp³-hybridized carbons (Fsp3) is 0.769. The molecule has 1 rings (SSSR count). The zero-order chi connectivity index (χ0) is 12.1. The highest BCUT2D eigenvalue weighted by molar-refractivity contribution is 5.25. The standard InChI is InChI=1S/C13H25N3/c1-6-12(7-2)16-11(4)13(8-9-14-5)10(3)15-16/h12,14H,6-9H2,1-5H3. The van der Waals surface area contributed by atoms with E-state index in [9.17, 15) is 0 Å². The lowest BCUT2D eigenvalue weighted by atomic mass is 10.1. The molecule has 1 heterocycles. The predicted octanol–water partition coefficient (Wildman–Crippen LogP) is 2.62. The molecule has 0 aromatic carbocycles. The van der Waals surface area contributed by atoms with Crippen molar-refractivity contribution in [2.75, 3.05) is 13.6 Å². The van der Waals surface area contributed by atoms with Gasteiger partial charge in [-0.15, -0.1) is 0 Å². The monoisotopic (exact) mass is 223 g/mol. The van der Waals surface area contributed by atoms with Gasteiger partial charge in [0.15, 0.2) is 0 Å². The van der Waals surface area contributed by atoms with Crippen LogP contribution < -0.4 is 5.32 Å². The molecular formula is C13H25N3. The minimum atomic E-state index is 0.557. The predicted molar refractivity (Wildman–Crippen MR) is 69.0 cm³/mol. The number of hydrogen-bond acceptors (Lipinski definition) is 2. The lowest BCUT2D eigenvalue weighted by Crippen LogP contribution is -2.13. The molecule has 0 spiro atoms. The van der Waals surface area contributed by atoms with Crippen molar-refractivity contribution in [2.24, 2.45) is 0 Å². The minimum absolute atomic E-state index is 0.557. The third-order valence-electron chi connectivity index (χ3n) is 3.39. The number of aryl methyl sites for hydroxylation is 1. The van der Waals surface area contributed by atoms with E-state index in [1.807, 2.05) is 7.05 Å². The molecule has 0 radical (unpaired) electrons. The number of rotatable bonds is 6. The molecule has 0 atom stereocenters. The molecule has 3 heteroatoms. The normalized spacial score (nSPS) is 11.4. The smallest absolute Gasteiger partial charge is 0.0629 e. The molecule has 16 heavy (non-hydrogen) atoms. The van der Waals surface area contributed by atoms with Crippen molar-refractivity contribution in [3.63, 3.8) is 0 Å². The summed E-state index contributed by atoms with van der Waals surface area (Å²) in [7, 11) is 2.00. The summed E-state index contributed by atoms with van der Waals surface area (Å²) in [6.45, 7) is 9.81. The van der Waals surface area contributed by atoms with Crippen molar-refractivity contribution < 1.29 is 0 Å². The molecule has 0 bridgehead atoms. The molecular weight excluding hydrogens is 198 g/mol. The maximum Gasteiger partial charge on any atom is 0.0629 e. The fourth-order valence-electron chi connectivity index (χ4n) is 2.30. The van der Waals surface area contributed by atoms with E-state index in [0.717, 1.165) is 25.8 Å². The highest BCUT2D eigenvalue weighted by atomic mass is 15.3. The lowest BCUT2D eigenvalue weighted by Gasteiger charge is -2.15. The summed E-state index contributed by atoms with van der Waals surface area (Å²) in [4.78, 5) is 0. The molecule has 0 amide bonds. The summed E-state index contributed by atoms with van der Waals surface area (Å²) in [5.74, 6) is 0. The van der Waals surface area contributed by atoms with Gasteiger partial charge in [0.25, 0.3) is 0 Å². The highest BCUT2D eigenvalue weighted by Gasteiger charge is 2.15. The first-order valence-corrected chi connectivity index (χ1v) is 6.34. The summed E-state index contributed by atoms with van der Waals surface area (Å²) in [6, 6.07) is 0.557. The van der Waals surface area contributed by atoms with Crippen LogP contribution >= 0.6 is 0 Å². The van der Waals surface area contributed by atoms with E-state index in [1.165, 1.54) is 17.0 Å². The maximum absolute atomic E-state index is 4.69. The molecule has 1 N–H and O–H groups in total. The van der Waals surface area contributed by atoms with Gasteiger partial charge in [-0.3, -0.25) is 4.68 Å². The van der Waals surface area contributed by atoms with Gasteiger partial charge in [-0.2, -0.15) is 5.10 Å². The topological polar surface area (TPSA) is 29.9 Å². The first kappa shape index (κ1) is 13.2. The number of nitrogens with zero attached hydrogens (tertiary/aromatic N) is 2. The van der Waals surface area contributed by atoms with Gasteiger partial charge in [0.1, 0.15) is 0 Å². The van der Waals surface area contributed by atoms with Crippen LogP contribution in [0, 0.1) is 13.8 Å². The second kappa shape index (κ2) is 6.04. The van der Waals surface area contributed by atoms with Gasteiger partial charge in [-0.05, 0) is 52.3 Å². The summed E-state index contributed by atoms with van der Waals surface area (Å²) in [5, 5.41) is 7.89. The summed E-state index contributed by atoms with van der Waals surface area (Å²) >= 11 is 0. The van der Waals surface area contributed by atoms with Crippen LogP contribution in [0.25, 0.3) is 0 Å². The Balaban J connectivity index is 2.95. The fourth-order valence-corrected chi connectivity index (χ4v) is 2.30. The second-order valence-electron chi connectivity index (χ2n) is 4.42. The molecule has 0 aliphatic heterocycles. The summed E-state index contributed by atoms with van der Waals surface area (Å²) in [6.07, 6.45) is 3.39. The van der Waals surface area contributed by atoms with Crippen molar-refractivity contribution in [2.45, 2.75) is 53.0 Å². The second-order valence-corrected chi connectivity index (χ2v) is 4.42. The van der Waals surface area contributed by atoms with E-state index in [4.69, 9.17) is 5.10 Å². The molecule has 0 saturated carbocycles. The number of hydrogen-bond donors (Lipinski definition) is 1. The molecule has 0 fully saturated rings. The van der Waals surface area contributed by atoms with Gasteiger partial charge in [0.05, 0.1) is 11.7 Å². The van der Waals surface area contributed by atoms with E-state index in [-0.39, 0.29) is 0 Å². The average molecular weight is 223 g/mol. The zero-order valence-electron chi connectivity index (χ0n) is 11.3. The number of nitrogens with one attached hydrogen (secondary N) is 1. The van der Waals surface area contributed by atoms with E-state index < -0.39 is 0 Å². The van der Waals surface area contributed by atoms with Crippen LogP contribution in [0.4, 0.5) is 0 Å². The Morgan fingerprint density at radius 3 is 2.38 bits per heavy atom. The Bertz CT molecular complexity index is 324. The SMILES string of the molecule is CCC(CC)n1nc(C)c(CCNC)c1C. The molecule has 1 aromatic heterocycles. The van der Waals surface area contributed by atoms with Crippen LogP contribution in [0.15, 0.2) is 0 Å². The van der Waals surface area contributed by atoms with Crippen molar-refractivity contribution in [1.29, 1.82) is 0 Å². The molecule has 0 aliphatic rings. The zero-order valence-corrected chi connectivity index (χ0v) is 11.3. The van der Waals surface area contributed by atoms with Crippen LogP contribution in [0.5, 0.6) is 0 Å². The van der Waals surface area contributed by atoms with Crippen molar-refractivity contribution >= 4 is 0 Å². The van der Waals surface area contributed by atoms with E-state index in [2.05, 4.69) is 37.7 Å². The Kier molecular flexibility index (Phi) is 5.00. The van der Waals surface area contributed by atoms with E-state index in [0.29, 0.717) is 6.04 Å². The Morgan fingerprint density at radius 1 is 1.25 bits per heavy atom. The van der Waals surface area contributed by atoms with Gasteiger partial charge < -0.3 is 5.32 Å². The summed E-state index contributed by atoms with van der Waals surface area (Å²) < 4.78 is 2.22. The molecule has 0 aliphatic carbocycles. The first-order chi connectivity index (χ1) is 7.65. The Hall–Kier alpha value is -0.830. The van der Waals surface area contributed by atoms with Crippen molar-refractivity contribution in [1.82, 2.24) is 15.1 Å². The summed E-state index contributed by atoms with van der Waals surface area (Å²) in [5.41, 5.74) is 3.96. The third kappa shape index (κ3) is 2.64. The molecule has 0 saturated heterocycles. The van der Waals surface area contributed by atoms with Gasteiger partial charge in [0.2, 0.25) is 0 Å². The van der Waals surface area contributed by atoms with Crippen LogP contribution in [0.3, 0.4) is 0 Å². The Labute approximate surface area is 99.2 Å². The molecule has 1 aromatic rings. The number of aromatic nitrogens is 2. The van der Waals surface area contributed by atoms with Crippen LogP contribution in [0.1, 0.15) is 49.7 Å². The van der Waals surface area contributed by atoms with Crippen LogP contribution in [-0.4, -0.2) is 23.4 Å². The van der Waals surface area contributed by atoms with Gasteiger partial charge in [0, 0.05) is 5.69 Å². The van der Waals surface area contributed by atoms with Crippen molar-refractivity contribution in [3.8, 4) is 0 Å². The maximum atomic E-state index is 4.69. The van der Waals surface area contributed by atoms with Crippen LogP contribution in [0.2, 0.25) is 0 Å². The van der Waals surface area contributed by atoms with Gasteiger partial charge in [-0.1, -0.05) is 13.8 Å². The first-order valence-electron chi connectivity index (χ1n) is 6.34. The number of likely N-dealkylation sites (N-methyl/N-ethyl adjacent to an activating group) is 1. The van der Waals surface area contributed by atoms with Gasteiger partial charge >= 0.3 is 0 Å². The van der Waals surface area contributed by atoms with Crippen LogP contribution in [-0.2, 0) is 6.42 Å². The molecule has 3 nitrogen and oxygen atoms in total. The largest absolute Gasteiger partial charge is 0.319 e.